The fourth-order valence-corrected chi connectivity index (χ4v) is 0.866. The highest BCUT2D eigenvalue weighted by molar-refractivity contribution is 5.79. The van der Waals surface area contributed by atoms with Gasteiger partial charge in [0.25, 0.3) is 0 Å². The molecule has 2 aromatic rings. The minimum Gasteiger partial charge on any atom is -0.344 e. The van der Waals surface area contributed by atoms with Gasteiger partial charge in [-0.15, -0.1) is 0 Å². The van der Waals surface area contributed by atoms with E-state index < -0.39 is 0 Å². The molecule has 0 spiro atoms. The molecule has 0 saturated heterocycles. The Morgan fingerprint density at radius 2 is 1.43 bits per heavy atom. The van der Waals surface area contributed by atoms with Crippen LogP contribution in [-0.4, -0.2) is 32.4 Å². The topological polar surface area (TPSA) is 82.1 Å². The molecule has 6 heteroatoms. The quantitative estimate of drug-likeness (QED) is 0.545. The Balaban J connectivity index is 1.94. The number of H-pyrrole nitrogens is 2. The van der Waals surface area contributed by atoms with E-state index in [1.54, 1.807) is 37.5 Å². The maximum absolute atomic E-state index is 3.84. The Bertz CT molecular complexity index is 368. The molecule has 0 aromatic carbocycles. The summed E-state index contributed by atoms with van der Waals surface area (Å²) in [7, 11) is 0. The van der Waals surface area contributed by atoms with E-state index in [4.69, 9.17) is 0 Å². The molecule has 6 nitrogen and oxygen atoms in total. The van der Waals surface area contributed by atoms with Gasteiger partial charge in [-0.05, 0) is 0 Å². The Labute approximate surface area is 79.8 Å². The van der Waals surface area contributed by atoms with Crippen molar-refractivity contribution in [1.29, 1.82) is 0 Å². The summed E-state index contributed by atoms with van der Waals surface area (Å²) in [5, 5.41) is 7.63. The van der Waals surface area contributed by atoms with Crippen LogP contribution in [-0.2, 0) is 0 Å². The minimum absolute atomic E-state index is 0.812. The zero-order chi connectivity index (χ0) is 9.64. The Morgan fingerprint density at radius 3 is 1.79 bits per heavy atom. The van der Waals surface area contributed by atoms with Gasteiger partial charge in [0.2, 0.25) is 0 Å². The second kappa shape index (κ2) is 4.13. The normalized spacial score (nSPS) is 11.7. The maximum atomic E-state index is 3.84. The maximum Gasteiger partial charge on any atom is 0.0924 e. The average Bonchev–Trinajstić information content (AvgIpc) is 2.86. The number of nitrogens with one attached hydrogen (secondary N) is 2. The molecule has 0 atom stereocenters. The summed E-state index contributed by atoms with van der Waals surface area (Å²) in [6.07, 6.45) is 9.66. The Hall–Kier alpha value is -2.24. The molecule has 0 aliphatic heterocycles. The lowest BCUT2D eigenvalue weighted by atomic mass is 10.5. The molecular weight excluding hydrogens is 180 g/mol. The number of nitrogens with zero attached hydrogens (tertiary/aromatic N) is 4. The van der Waals surface area contributed by atoms with Gasteiger partial charge < -0.3 is 9.97 Å². The van der Waals surface area contributed by atoms with Crippen molar-refractivity contribution in [1.82, 2.24) is 19.9 Å². The van der Waals surface area contributed by atoms with Crippen molar-refractivity contribution in [2.24, 2.45) is 10.2 Å². The first-order chi connectivity index (χ1) is 6.95. The lowest BCUT2D eigenvalue weighted by Gasteiger charge is -1.80. The van der Waals surface area contributed by atoms with Crippen LogP contribution in [0.1, 0.15) is 11.4 Å². The van der Waals surface area contributed by atoms with Gasteiger partial charge in [-0.1, -0.05) is 0 Å². The molecule has 0 radical (unpaired) electrons. The summed E-state index contributed by atoms with van der Waals surface area (Å²) < 4.78 is 0. The standard InChI is InChI=1S/C8H8N6/c1-7(11-5-9-1)3-13-14-4-8-2-10-6-12-8/h1-6H,(H,9,11)(H,10,12)/b13-3-,14-4-. The summed E-state index contributed by atoms with van der Waals surface area (Å²) in [6, 6.07) is 0. The van der Waals surface area contributed by atoms with Gasteiger partial charge in [-0.25, -0.2) is 9.97 Å². The highest BCUT2D eigenvalue weighted by atomic mass is 15.2. The van der Waals surface area contributed by atoms with Crippen LogP contribution in [0, 0.1) is 0 Å². The molecule has 0 aliphatic carbocycles. The third-order valence-electron chi connectivity index (χ3n) is 1.50. The van der Waals surface area contributed by atoms with Gasteiger partial charge in [-0.3, -0.25) is 0 Å². The van der Waals surface area contributed by atoms with Crippen molar-refractivity contribution in [2.45, 2.75) is 0 Å². The van der Waals surface area contributed by atoms with E-state index in [9.17, 15) is 0 Å². The number of rotatable bonds is 3. The van der Waals surface area contributed by atoms with Crippen LogP contribution in [0.3, 0.4) is 0 Å². The second-order valence-electron chi connectivity index (χ2n) is 2.50. The first-order valence-electron chi connectivity index (χ1n) is 3.98. The van der Waals surface area contributed by atoms with Gasteiger partial charge in [0.05, 0.1) is 48.9 Å². The fourth-order valence-electron chi connectivity index (χ4n) is 0.866. The van der Waals surface area contributed by atoms with Crippen molar-refractivity contribution in [3.05, 3.63) is 36.4 Å². The van der Waals surface area contributed by atoms with E-state index in [-0.39, 0.29) is 0 Å². The molecule has 2 aromatic heterocycles. The third-order valence-corrected chi connectivity index (χ3v) is 1.50. The number of imidazole rings is 2. The van der Waals surface area contributed by atoms with E-state index >= 15 is 0 Å². The highest BCUT2D eigenvalue weighted by Gasteiger charge is 1.85. The van der Waals surface area contributed by atoms with Gasteiger partial charge in [0, 0.05) is 0 Å². The van der Waals surface area contributed by atoms with Gasteiger partial charge in [-0.2, -0.15) is 10.2 Å². The van der Waals surface area contributed by atoms with E-state index in [0.29, 0.717) is 0 Å². The highest BCUT2D eigenvalue weighted by Crippen LogP contribution is 1.87. The first-order valence-corrected chi connectivity index (χ1v) is 3.98. The van der Waals surface area contributed by atoms with Crippen molar-refractivity contribution >= 4 is 12.4 Å². The van der Waals surface area contributed by atoms with Crippen LogP contribution in [0.4, 0.5) is 0 Å². The van der Waals surface area contributed by atoms with E-state index in [1.807, 2.05) is 0 Å². The molecule has 0 aliphatic rings. The lowest BCUT2D eigenvalue weighted by molar-refractivity contribution is 1.24. The summed E-state index contributed by atoms with van der Waals surface area (Å²) in [4.78, 5) is 13.4. The molecule has 2 rings (SSSR count). The molecule has 0 saturated carbocycles. The van der Waals surface area contributed by atoms with Crippen molar-refractivity contribution in [3.8, 4) is 0 Å². The smallest absolute Gasteiger partial charge is 0.0924 e. The average molecular weight is 188 g/mol. The monoisotopic (exact) mass is 188 g/mol. The van der Waals surface area contributed by atoms with Gasteiger partial charge in [0.15, 0.2) is 0 Å². The van der Waals surface area contributed by atoms with E-state index in [1.165, 1.54) is 0 Å². The second-order valence-corrected chi connectivity index (χ2v) is 2.50. The number of hydrogen-bond donors (Lipinski definition) is 2. The molecular formula is C8H8N6. The summed E-state index contributed by atoms with van der Waals surface area (Å²) in [6.45, 7) is 0. The zero-order valence-corrected chi connectivity index (χ0v) is 7.25. The molecule has 0 amide bonds. The fraction of sp³-hybridized carbons (Fsp3) is 0. The third kappa shape index (κ3) is 2.13. The predicted octanol–water partition coefficient (Wildman–Crippen LogP) is 0.586. The number of aromatic nitrogens is 4. The Kier molecular flexibility index (Phi) is 2.46. The number of hydrogen-bond acceptors (Lipinski definition) is 4. The summed E-state index contributed by atoms with van der Waals surface area (Å²) >= 11 is 0. The number of aromatic amines is 2. The first kappa shape index (κ1) is 8.36. The predicted molar refractivity (Wildman–Crippen MR) is 52.4 cm³/mol. The van der Waals surface area contributed by atoms with Crippen LogP contribution in [0.15, 0.2) is 35.3 Å². The van der Waals surface area contributed by atoms with Crippen LogP contribution in [0.5, 0.6) is 0 Å². The van der Waals surface area contributed by atoms with Crippen LogP contribution < -0.4 is 0 Å². The summed E-state index contributed by atoms with van der Waals surface area (Å²) in [5.74, 6) is 0. The van der Waals surface area contributed by atoms with Crippen molar-refractivity contribution < 1.29 is 0 Å². The van der Waals surface area contributed by atoms with Crippen molar-refractivity contribution in [3.63, 3.8) is 0 Å². The van der Waals surface area contributed by atoms with Crippen LogP contribution in [0.25, 0.3) is 0 Å². The van der Waals surface area contributed by atoms with E-state index in [0.717, 1.165) is 11.4 Å². The largest absolute Gasteiger partial charge is 0.344 e. The molecule has 2 heterocycles. The molecule has 0 bridgehead atoms. The SMILES string of the molecule is C(=N/N=C\c1cnc[nH]1)/c1cnc[nH]1. The van der Waals surface area contributed by atoms with Gasteiger partial charge >= 0.3 is 0 Å². The summed E-state index contributed by atoms with van der Waals surface area (Å²) in [5.41, 5.74) is 1.62. The molecule has 0 unspecified atom stereocenters. The van der Waals surface area contributed by atoms with Gasteiger partial charge in [0.1, 0.15) is 0 Å². The Morgan fingerprint density at radius 1 is 0.929 bits per heavy atom. The lowest BCUT2D eigenvalue weighted by Crippen LogP contribution is -1.80. The van der Waals surface area contributed by atoms with E-state index in [2.05, 4.69) is 30.1 Å². The van der Waals surface area contributed by atoms with Crippen LogP contribution >= 0.6 is 0 Å². The minimum atomic E-state index is 0.812. The zero-order valence-electron chi connectivity index (χ0n) is 7.25. The molecule has 14 heavy (non-hydrogen) atoms. The molecule has 0 fully saturated rings. The van der Waals surface area contributed by atoms with Crippen LogP contribution in [0.2, 0.25) is 0 Å². The molecule has 2 N–H and O–H groups in total. The van der Waals surface area contributed by atoms with Crippen molar-refractivity contribution in [2.75, 3.05) is 0 Å². The molecule has 70 valence electrons.